The lowest BCUT2D eigenvalue weighted by molar-refractivity contribution is -0.121. The lowest BCUT2D eigenvalue weighted by Gasteiger charge is -2.16. The van der Waals surface area contributed by atoms with E-state index in [4.69, 9.17) is 18.9 Å². The zero-order valence-corrected chi connectivity index (χ0v) is 23.1. The molecule has 0 atom stereocenters. The van der Waals surface area contributed by atoms with Crippen molar-refractivity contribution in [3.8, 4) is 23.0 Å². The van der Waals surface area contributed by atoms with Gasteiger partial charge in [0.1, 0.15) is 6.54 Å². The fourth-order valence-electron chi connectivity index (χ4n) is 4.56. The summed E-state index contributed by atoms with van der Waals surface area (Å²) in [7, 11) is 6.07. The smallest absolute Gasteiger partial charge is 0.331 e. The number of hydrogen-bond donors (Lipinski definition) is 1. The molecule has 1 aromatic heterocycles. The number of amides is 1. The Morgan fingerprint density at radius 2 is 1.38 bits per heavy atom. The molecule has 3 aromatic carbocycles. The Morgan fingerprint density at radius 1 is 0.725 bits per heavy atom. The van der Waals surface area contributed by atoms with Crippen molar-refractivity contribution in [3.63, 3.8) is 0 Å². The highest BCUT2D eigenvalue weighted by Gasteiger charge is 2.19. The van der Waals surface area contributed by atoms with Crippen LogP contribution in [0.25, 0.3) is 10.9 Å². The summed E-state index contributed by atoms with van der Waals surface area (Å²) in [5, 5.41) is 3.12. The molecular formula is C30H33N3O7. The number of carbonyl (C=O) groups is 1. The van der Waals surface area contributed by atoms with Crippen molar-refractivity contribution < 1.29 is 23.7 Å². The van der Waals surface area contributed by atoms with Gasteiger partial charge in [0.05, 0.1) is 39.3 Å². The fourth-order valence-corrected chi connectivity index (χ4v) is 4.56. The molecule has 0 bridgehead atoms. The lowest BCUT2D eigenvalue weighted by Crippen LogP contribution is -2.43. The van der Waals surface area contributed by atoms with E-state index in [-0.39, 0.29) is 24.4 Å². The molecule has 1 N–H and O–H groups in total. The third-order valence-corrected chi connectivity index (χ3v) is 6.68. The second kappa shape index (κ2) is 12.9. The molecule has 0 aliphatic rings. The number of methoxy groups -OCH3 is 4. The van der Waals surface area contributed by atoms with Crippen LogP contribution in [0.2, 0.25) is 0 Å². The third-order valence-electron chi connectivity index (χ3n) is 6.68. The molecule has 0 aliphatic heterocycles. The molecule has 0 radical (unpaired) electrons. The maximum atomic E-state index is 13.6. The normalized spacial score (nSPS) is 10.8. The summed E-state index contributed by atoms with van der Waals surface area (Å²) in [4.78, 5) is 40.0. The Morgan fingerprint density at radius 3 is 2.05 bits per heavy atom. The van der Waals surface area contributed by atoms with Gasteiger partial charge >= 0.3 is 5.69 Å². The molecule has 210 valence electrons. The molecule has 10 nitrogen and oxygen atoms in total. The van der Waals surface area contributed by atoms with Crippen molar-refractivity contribution in [2.24, 2.45) is 0 Å². The number of rotatable bonds is 12. The largest absolute Gasteiger partial charge is 0.493 e. The van der Waals surface area contributed by atoms with Gasteiger partial charge in [0.2, 0.25) is 5.91 Å². The highest BCUT2D eigenvalue weighted by molar-refractivity contribution is 5.84. The quantitative estimate of drug-likeness (QED) is 0.290. The molecule has 0 aliphatic carbocycles. The van der Waals surface area contributed by atoms with Crippen molar-refractivity contribution in [2.45, 2.75) is 25.9 Å². The highest BCUT2D eigenvalue weighted by atomic mass is 16.5. The van der Waals surface area contributed by atoms with Gasteiger partial charge in [-0.05, 0) is 42.2 Å². The van der Waals surface area contributed by atoms with Crippen LogP contribution in [0.4, 0.5) is 0 Å². The first kappa shape index (κ1) is 28.3. The molecule has 0 saturated heterocycles. The first-order chi connectivity index (χ1) is 19.4. The standard InChI is InChI=1S/C30H33N3O7/c1-37-24-11-10-21(16-25(24)38-2)12-14-31-28(34)19-33-23-18-27(40-4)26(39-3)17-22(23)29(35)32(30(33)36)15-13-20-8-6-5-7-9-20/h5-11,16-18H,12-15,19H2,1-4H3,(H,31,34). The number of carbonyl (C=O) groups excluding carboxylic acids is 1. The number of benzene rings is 3. The molecule has 40 heavy (non-hydrogen) atoms. The Hall–Kier alpha value is -4.73. The summed E-state index contributed by atoms with van der Waals surface area (Å²) in [6, 6.07) is 18.2. The second-order valence-electron chi connectivity index (χ2n) is 9.07. The zero-order valence-electron chi connectivity index (χ0n) is 23.1. The van der Waals surface area contributed by atoms with Gasteiger partial charge in [0, 0.05) is 19.2 Å². The SMILES string of the molecule is COc1ccc(CCNC(=O)Cn2c(=O)n(CCc3ccccc3)c(=O)c3cc(OC)c(OC)cc32)cc1OC. The summed E-state index contributed by atoms with van der Waals surface area (Å²) < 4.78 is 23.9. The number of aromatic nitrogens is 2. The number of ether oxygens (including phenoxy) is 4. The van der Waals surface area contributed by atoms with Crippen LogP contribution in [0.5, 0.6) is 23.0 Å². The Bertz CT molecular complexity index is 1610. The van der Waals surface area contributed by atoms with Crippen LogP contribution in [0, 0.1) is 0 Å². The molecule has 0 spiro atoms. The van der Waals surface area contributed by atoms with E-state index in [1.54, 1.807) is 26.4 Å². The van der Waals surface area contributed by atoms with Crippen molar-refractivity contribution >= 4 is 16.8 Å². The van der Waals surface area contributed by atoms with E-state index in [1.807, 2.05) is 48.5 Å². The summed E-state index contributed by atoms with van der Waals surface area (Å²) in [6.07, 6.45) is 1.02. The van der Waals surface area contributed by atoms with Crippen LogP contribution >= 0.6 is 0 Å². The minimum atomic E-state index is -0.573. The van der Waals surface area contributed by atoms with Gasteiger partial charge in [0.15, 0.2) is 23.0 Å². The first-order valence-corrected chi connectivity index (χ1v) is 12.8. The lowest BCUT2D eigenvalue weighted by atomic mass is 10.1. The molecule has 0 saturated carbocycles. The number of nitrogens with one attached hydrogen (secondary N) is 1. The van der Waals surface area contributed by atoms with Gasteiger partial charge in [-0.15, -0.1) is 0 Å². The van der Waals surface area contributed by atoms with Gasteiger partial charge in [-0.2, -0.15) is 0 Å². The minimum Gasteiger partial charge on any atom is -0.493 e. The Balaban J connectivity index is 1.62. The van der Waals surface area contributed by atoms with Crippen molar-refractivity contribution in [1.82, 2.24) is 14.5 Å². The second-order valence-corrected chi connectivity index (χ2v) is 9.07. The maximum Gasteiger partial charge on any atom is 0.331 e. The molecule has 10 heteroatoms. The van der Waals surface area contributed by atoms with Crippen molar-refractivity contribution in [3.05, 3.63) is 92.6 Å². The summed E-state index contributed by atoms with van der Waals surface area (Å²) in [5.41, 5.74) is 1.20. The fraction of sp³-hybridized carbons (Fsp3) is 0.300. The monoisotopic (exact) mass is 547 g/mol. The molecule has 4 rings (SSSR count). The maximum absolute atomic E-state index is 13.6. The summed E-state index contributed by atoms with van der Waals surface area (Å²) in [6.45, 7) is 0.223. The number of nitrogens with zero attached hydrogens (tertiary/aromatic N) is 2. The predicted octanol–water partition coefficient (Wildman–Crippen LogP) is 2.80. The van der Waals surface area contributed by atoms with Crippen LogP contribution in [-0.2, 0) is 30.7 Å². The van der Waals surface area contributed by atoms with E-state index in [0.717, 1.165) is 15.7 Å². The Labute approximate surface area is 231 Å². The molecule has 1 heterocycles. The highest BCUT2D eigenvalue weighted by Crippen LogP contribution is 2.30. The topological polar surface area (TPSA) is 110 Å². The van der Waals surface area contributed by atoms with Crippen molar-refractivity contribution in [2.75, 3.05) is 35.0 Å². The molecule has 0 unspecified atom stereocenters. The molecule has 4 aromatic rings. The first-order valence-electron chi connectivity index (χ1n) is 12.8. The van der Waals surface area contributed by atoms with E-state index in [1.165, 1.54) is 18.8 Å². The van der Waals surface area contributed by atoms with E-state index >= 15 is 0 Å². The number of hydrogen-bond acceptors (Lipinski definition) is 7. The van der Waals surface area contributed by atoms with Crippen LogP contribution in [-0.4, -0.2) is 50.0 Å². The van der Waals surface area contributed by atoms with Gasteiger partial charge in [0.25, 0.3) is 5.56 Å². The summed E-state index contributed by atoms with van der Waals surface area (Å²) in [5.74, 6) is 1.55. The van der Waals surface area contributed by atoms with E-state index in [0.29, 0.717) is 47.9 Å². The number of aryl methyl sites for hydroxylation is 1. The van der Waals surface area contributed by atoms with Crippen molar-refractivity contribution in [1.29, 1.82) is 0 Å². The number of fused-ring (bicyclic) bond motifs is 1. The minimum absolute atomic E-state index is 0.160. The predicted molar refractivity (Wildman–Crippen MR) is 152 cm³/mol. The van der Waals surface area contributed by atoms with Crippen LogP contribution in [0.3, 0.4) is 0 Å². The van der Waals surface area contributed by atoms with Gasteiger partial charge in [-0.1, -0.05) is 36.4 Å². The van der Waals surface area contributed by atoms with E-state index < -0.39 is 11.2 Å². The van der Waals surface area contributed by atoms with Crippen LogP contribution in [0.1, 0.15) is 11.1 Å². The van der Waals surface area contributed by atoms with E-state index in [2.05, 4.69) is 5.32 Å². The average Bonchev–Trinajstić information content (AvgIpc) is 2.98. The third kappa shape index (κ3) is 6.12. The molecule has 1 amide bonds. The summed E-state index contributed by atoms with van der Waals surface area (Å²) >= 11 is 0. The van der Waals surface area contributed by atoms with Crippen LogP contribution < -0.4 is 35.5 Å². The van der Waals surface area contributed by atoms with Gasteiger partial charge in [-0.25, -0.2) is 4.79 Å². The zero-order chi connectivity index (χ0) is 28.6. The Kier molecular flexibility index (Phi) is 9.11. The average molecular weight is 548 g/mol. The van der Waals surface area contributed by atoms with E-state index in [9.17, 15) is 14.4 Å². The molecule has 0 fully saturated rings. The van der Waals surface area contributed by atoms with Gasteiger partial charge in [-0.3, -0.25) is 18.7 Å². The molecular weight excluding hydrogens is 514 g/mol. The van der Waals surface area contributed by atoms with Crippen LogP contribution in [0.15, 0.2) is 70.3 Å². The van der Waals surface area contributed by atoms with Gasteiger partial charge < -0.3 is 24.3 Å².